The molecule has 1 atom stereocenters. The first-order valence-electron chi connectivity index (χ1n) is 5.42. The molecule has 94 valence electrons. The average Bonchev–Trinajstić information content (AvgIpc) is 2.59. The maximum absolute atomic E-state index is 13.1. The highest BCUT2D eigenvalue weighted by atomic mass is 35.5. The first kappa shape index (κ1) is 13.9. The van der Waals surface area contributed by atoms with Gasteiger partial charge in [-0.25, -0.2) is 4.39 Å². The summed E-state index contributed by atoms with van der Waals surface area (Å²) in [4.78, 5) is 13.5. The second kappa shape index (κ2) is 5.47. The molecule has 17 heavy (non-hydrogen) atoms. The van der Waals surface area contributed by atoms with Crippen molar-refractivity contribution in [1.29, 1.82) is 0 Å². The van der Waals surface area contributed by atoms with Crippen LogP contribution in [0.25, 0.3) is 0 Å². The van der Waals surface area contributed by atoms with E-state index in [9.17, 15) is 9.18 Å². The topological polar surface area (TPSA) is 46.3 Å². The van der Waals surface area contributed by atoms with Gasteiger partial charge in [0.05, 0.1) is 0 Å². The fourth-order valence-corrected chi connectivity index (χ4v) is 2.00. The highest BCUT2D eigenvalue weighted by Crippen LogP contribution is 2.29. The van der Waals surface area contributed by atoms with Gasteiger partial charge >= 0.3 is 0 Å². The van der Waals surface area contributed by atoms with Crippen molar-refractivity contribution in [3.8, 4) is 0 Å². The molecule has 0 aliphatic carbocycles. The number of rotatable bonds is 2. The standard InChI is InChI=1S/C12H15FN2O.ClH/c1-8(14)6-12(16)15-5-4-9-2-3-10(13)7-11(9)15;/h2-3,7-8H,4-6,14H2,1H3;1H. The van der Waals surface area contributed by atoms with Crippen LogP contribution in [0.5, 0.6) is 0 Å². The van der Waals surface area contributed by atoms with Gasteiger partial charge in [0.15, 0.2) is 0 Å². The van der Waals surface area contributed by atoms with Crippen molar-refractivity contribution in [3.05, 3.63) is 29.6 Å². The predicted molar refractivity (Wildman–Crippen MR) is 68.0 cm³/mol. The summed E-state index contributed by atoms with van der Waals surface area (Å²) < 4.78 is 13.1. The lowest BCUT2D eigenvalue weighted by Gasteiger charge is -2.18. The largest absolute Gasteiger partial charge is 0.327 e. The van der Waals surface area contributed by atoms with E-state index in [0.29, 0.717) is 18.7 Å². The number of carbonyl (C=O) groups is 1. The fraction of sp³-hybridized carbons (Fsp3) is 0.417. The molecule has 0 spiro atoms. The van der Waals surface area contributed by atoms with Gasteiger partial charge in [-0.15, -0.1) is 12.4 Å². The lowest BCUT2D eigenvalue weighted by Crippen LogP contribution is -2.33. The zero-order valence-electron chi connectivity index (χ0n) is 9.65. The zero-order chi connectivity index (χ0) is 11.7. The number of hydrogen-bond donors (Lipinski definition) is 1. The van der Waals surface area contributed by atoms with Crippen LogP contribution in [0.1, 0.15) is 18.9 Å². The van der Waals surface area contributed by atoms with Crippen LogP contribution in [0, 0.1) is 5.82 Å². The van der Waals surface area contributed by atoms with Crippen molar-refractivity contribution in [2.75, 3.05) is 11.4 Å². The summed E-state index contributed by atoms with van der Waals surface area (Å²) in [5, 5.41) is 0. The Kier molecular flexibility index (Phi) is 4.48. The first-order chi connectivity index (χ1) is 7.58. The molecule has 1 heterocycles. The van der Waals surface area contributed by atoms with Crippen LogP contribution < -0.4 is 10.6 Å². The van der Waals surface area contributed by atoms with E-state index in [0.717, 1.165) is 12.0 Å². The summed E-state index contributed by atoms with van der Waals surface area (Å²) in [6.07, 6.45) is 1.09. The van der Waals surface area contributed by atoms with E-state index >= 15 is 0 Å². The Labute approximate surface area is 106 Å². The summed E-state index contributed by atoms with van der Waals surface area (Å²) in [5.41, 5.74) is 7.32. The number of benzene rings is 1. The van der Waals surface area contributed by atoms with Gasteiger partial charge in [0, 0.05) is 24.7 Å². The Balaban J connectivity index is 0.00000144. The van der Waals surface area contributed by atoms with Crippen molar-refractivity contribution < 1.29 is 9.18 Å². The molecule has 1 amide bonds. The summed E-state index contributed by atoms with van der Waals surface area (Å²) in [5.74, 6) is -0.335. The lowest BCUT2D eigenvalue weighted by atomic mass is 10.1. The number of amides is 1. The number of carbonyl (C=O) groups excluding carboxylic acids is 1. The molecule has 0 fully saturated rings. The molecule has 5 heteroatoms. The highest BCUT2D eigenvalue weighted by molar-refractivity contribution is 5.95. The second-order valence-corrected chi connectivity index (χ2v) is 4.25. The van der Waals surface area contributed by atoms with Crippen molar-refractivity contribution >= 4 is 24.0 Å². The molecule has 2 N–H and O–H groups in total. The first-order valence-corrected chi connectivity index (χ1v) is 5.42. The quantitative estimate of drug-likeness (QED) is 0.880. The molecule has 1 unspecified atom stereocenters. The van der Waals surface area contributed by atoms with Gasteiger partial charge in [-0.2, -0.15) is 0 Å². The molecule has 1 aromatic rings. The summed E-state index contributed by atoms with van der Waals surface area (Å²) >= 11 is 0. The maximum atomic E-state index is 13.1. The maximum Gasteiger partial charge on any atom is 0.228 e. The molecule has 1 aromatic carbocycles. The third-order valence-corrected chi connectivity index (χ3v) is 2.74. The predicted octanol–water partition coefficient (Wildman–Crippen LogP) is 1.87. The Hall–Kier alpha value is -1.13. The lowest BCUT2D eigenvalue weighted by molar-refractivity contribution is -0.118. The minimum atomic E-state index is -0.306. The molecule has 0 radical (unpaired) electrons. The summed E-state index contributed by atoms with van der Waals surface area (Å²) in [7, 11) is 0. The average molecular weight is 259 g/mol. The van der Waals surface area contributed by atoms with Gasteiger partial charge in [0.1, 0.15) is 5.82 Å². The number of anilines is 1. The Morgan fingerprint density at radius 1 is 1.59 bits per heavy atom. The number of fused-ring (bicyclic) bond motifs is 1. The second-order valence-electron chi connectivity index (χ2n) is 4.25. The molecular formula is C12H16ClFN2O. The monoisotopic (exact) mass is 258 g/mol. The highest BCUT2D eigenvalue weighted by Gasteiger charge is 2.25. The van der Waals surface area contributed by atoms with Gasteiger partial charge in [-0.1, -0.05) is 6.07 Å². The molecular weight excluding hydrogens is 243 g/mol. The Morgan fingerprint density at radius 2 is 2.29 bits per heavy atom. The number of hydrogen-bond acceptors (Lipinski definition) is 2. The number of nitrogens with two attached hydrogens (primary N) is 1. The van der Waals surface area contributed by atoms with Gasteiger partial charge in [-0.05, 0) is 31.0 Å². The van der Waals surface area contributed by atoms with E-state index in [1.165, 1.54) is 12.1 Å². The SMILES string of the molecule is CC(N)CC(=O)N1CCc2ccc(F)cc21.Cl. The van der Waals surface area contributed by atoms with E-state index in [1.54, 1.807) is 17.9 Å². The van der Waals surface area contributed by atoms with Crippen LogP contribution in [0.2, 0.25) is 0 Å². The van der Waals surface area contributed by atoms with Gasteiger partial charge in [0.25, 0.3) is 0 Å². The van der Waals surface area contributed by atoms with Crippen molar-refractivity contribution in [1.82, 2.24) is 0 Å². The van der Waals surface area contributed by atoms with Crippen LogP contribution in [0.3, 0.4) is 0 Å². The minimum absolute atomic E-state index is 0. The van der Waals surface area contributed by atoms with Crippen molar-refractivity contribution in [2.24, 2.45) is 5.73 Å². The van der Waals surface area contributed by atoms with Crippen LogP contribution in [-0.4, -0.2) is 18.5 Å². The van der Waals surface area contributed by atoms with E-state index in [4.69, 9.17) is 5.73 Å². The van der Waals surface area contributed by atoms with E-state index in [1.807, 2.05) is 0 Å². The van der Waals surface area contributed by atoms with Gasteiger partial charge in [0.2, 0.25) is 5.91 Å². The number of nitrogens with zero attached hydrogens (tertiary/aromatic N) is 1. The smallest absolute Gasteiger partial charge is 0.228 e. The van der Waals surface area contributed by atoms with Crippen molar-refractivity contribution in [2.45, 2.75) is 25.8 Å². The molecule has 0 saturated carbocycles. The zero-order valence-corrected chi connectivity index (χ0v) is 10.5. The van der Waals surface area contributed by atoms with Gasteiger partial charge < -0.3 is 10.6 Å². The molecule has 0 bridgehead atoms. The molecule has 0 saturated heterocycles. The molecule has 2 rings (SSSR count). The molecule has 1 aliphatic rings. The normalized spacial score (nSPS) is 15.1. The van der Waals surface area contributed by atoms with Crippen LogP contribution in [0.4, 0.5) is 10.1 Å². The third kappa shape index (κ3) is 2.96. The molecule has 0 aromatic heterocycles. The molecule has 1 aliphatic heterocycles. The van der Waals surface area contributed by atoms with Crippen LogP contribution in [0.15, 0.2) is 18.2 Å². The third-order valence-electron chi connectivity index (χ3n) is 2.74. The Bertz CT molecular complexity index is 423. The van der Waals surface area contributed by atoms with E-state index in [2.05, 4.69) is 0 Å². The van der Waals surface area contributed by atoms with Crippen LogP contribution in [-0.2, 0) is 11.2 Å². The Morgan fingerprint density at radius 3 is 2.94 bits per heavy atom. The van der Waals surface area contributed by atoms with Crippen LogP contribution >= 0.6 is 12.4 Å². The van der Waals surface area contributed by atoms with E-state index in [-0.39, 0.29) is 30.2 Å². The minimum Gasteiger partial charge on any atom is -0.327 e. The van der Waals surface area contributed by atoms with E-state index < -0.39 is 0 Å². The summed E-state index contributed by atoms with van der Waals surface area (Å²) in [6.45, 7) is 2.42. The van der Waals surface area contributed by atoms with Crippen molar-refractivity contribution in [3.63, 3.8) is 0 Å². The summed E-state index contributed by atoms with van der Waals surface area (Å²) in [6, 6.07) is 4.42. The number of halogens is 2. The van der Waals surface area contributed by atoms with Gasteiger partial charge in [-0.3, -0.25) is 4.79 Å². The fourth-order valence-electron chi connectivity index (χ4n) is 2.00. The molecule has 3 nitrogen and oxygen atoms in total.